The number of hydrogen-bond donors (Lipinski definition) is 1. The van der Waals surface area contributed by atoms with Crippen molar-refractivity contribution in [3.05, 3.63) is 17.8 Å². The Morgan fingerprint density at radius 3 is 2.55 bits per heavy atom. The number of likely N-dealkylation sites (N-methyl/N-ethyl adjacent to an activating group) is 1. The standard InChI is InChI=1S/C15H22N4O/c1-11-13(19-9-7-18(2)8-10-19)5-6-14(16-11)17-15(20)12-3-4-12/h5-6,12H,3-4,7-10H2,1-2H3,(H,16,17,20). The summed E-state index contributed by atoms with van der Waals surface area (Å²) in [7, 11) is 2.15. The number of nitrogens with one attached hydrogen (secondary N) is 1. The van der Waals surface area contributed by atoms with Crippen LogP contribution in [-0.4, -0.2) is 49.0 Å². The lowest BCUT2D eigenvalue weighted by molar-refractivity contribution is -0.117. The summed E-state index contributed by atoms with van der Waals surface area (Å²) < 4.78 is 0. The third-order valence-electron chi connectivity index (χ3n) is 4.10. The number of aromatic nitrogens is 1. The number of rotatable bonds is 3. The number of carbonyl (C=O) groups is 1. The molecule has 1 N–H and O–H groups in total. The lowest BCUT2D eigenvalue weighted by Crippen LogP contribution is -2.44. The third-order valence-corrected chi connectivity index (χ3v) is 4.10. The highest BCUT2D eigenvalue weighted by molar-refractivity contribution is 5.93. The molecule has 0 atom stereocenters. The molecule has 1 amide bonds. The average Bonchev–Trinajstić information content (AvgIpc) is 3.25. The van der Waals surface area contributed by atoms with Gasteiger partial charge in [0, 0.05) is 32.1 Å². The maximum Gasteiger partial charge on any atom is 0.228 e. The monoisotopic (exact) mass is 274 g/mol. The zero-order valence-electron chi connectivity index (χ0n) is 12.2. The second-order valence-corrected chi connectivity index (χ2v) is 5.85. The van der Waals surface area contributed by atoms with Gasteiger partial charge in [0.25, 0.3) is 0 Å². The molecular formula is C15H22N4O. The Morgan fingerprint density at radius 2 is 1.95 bits per heavy atom. The lowest BCUT2D eigenvalue weighted by Gasteiger charge is -2.34. The van der Waals surface area contributed by atoms with Gasteiger partial charge in [0.2, 0.25) is 5.91 Å². The molecule has 0 spiro atoms. The number of hydrogen-bond acceptors (Lipinski definition) is 4. The fourth-order valence-corrected chi connectivity index (χ4v) is 2.58. The highest BCUT2D eigenvalue weighted by Crippen LogP contribution is 2.30. The van der Waals surface area contributed by atoms with Crippen LogP contribution in [0.5, 0.6) is 0 Å². The second kappa shape index (κ2) is 5.40. The topological polar surface area (TPSA) is 48.5 Å². The van der Waals surface area contributed by atoms with E-state index in [1.165, 1.54) is 5.69 Å². The minimum atomic E-state index is 0.115. The molecule has 1 aliphatic heterocycles. The van der Waals surface area contributed by atoms with Crippen molar-refractivity contribution in [2.24, 2.45) is 5.92 Å². The summed E-state index contributed by atoms with van der Waals surface area (Å²) in [5, 5.41) is 2.91. The van der Waals surface area contributed by atoms with E-state index in [-0.39, 0.29) is 11.8 Å². The van der Waals surface area contributed by atoms with Crippen molar-refractivity contribution in [1.29, 1.82) is 0 Å². The molecular weight excluding hydrogens is 252 g/mol. The van der Waals surface area contributed by atoms with E-state index >= 15 is 0 Å². The van der Waals surface area contributed by atoms with Crippen molar-refractivity contribution in [2.75, 3.05) is 43.4 Å². The van der Waals surface area contributed by atoms with Crippen molar-refractivity contribution < 1.29 is 4.79 Å². The molecule has 5 heteroatoms. The molecule has 1 saturated heterocycles. The van der Waals surface area contributed by atoms with Gasteiger partial charge in [0.05, 0.1) is 11.4 Å². The molecule has 1 aromatic rings. The molecule has 0 unspecified atom stereocenters. The van der Waals surface area contributed by atoms with Crippen LogP contribution >= 0.6 is 0 Å². The first-order valence-electron chi connectivity index (χ1n) is 7.35. The van der Waals surface area contributed by atoms with Crippen LogP contribution in [0.25, 0.3) is 0 Å². The molecule has 1 aliphatic carbocycles. The third kappa shape index (κ3) is 2.93. The smallest absolute Gasteiger partial charge is 0.228 e. The molecule has 108 valence electrons. The Kier molecular flexibility index (Phi) is 3.61. The number of anilines is 2. The first kappa shape index (κ1) is 13.4. The Hall–Kier alpha value is -1.62. The molecule has 5 nitrogen and oxygen atoms in total. The van der Waals surface area contributed by atoms with Crippen LogP contribution in [0, 0.1) is 12.8 Å². The van der Waals surface area contributed by atoms with E-state index in [1.807, 2.05) is 13.0 Å². The van der Waals surface area contributed by atoms with Crippen molar-refractivity contribution in [2.45, 2.75) is 19.8 Å². The van der Waals surface area contributed by atoms with E-state index in [4.69, 9.17) is 0 Å². The maximum absolute atomic E-state index is 11.7. The number of pyridine rings is 1. The predicted molar refractivity (Wildman–Crippen MR) is 80.0 cm³/mol. The minimum absolute atomic E-state index is 0.115. The summed E-state index contributed by atoms with van der Waals surface area (Å²) in [5.74, 6) is 1.01. The summed E-state index contributed by atoms with van der Waals surface area (Å²) in [6.07, 6.45) is 2.04. The van der Waals surface area contributed by atoms with Gasteiger partial charge in [-0.3, -0.25) is 4.79 Å². The second-order valence-electron chi connectivity index (χ2n) is 5.85. The lowest BCUT2D eigenvalue weighted by atomic mass is 10.2. The zero-order valence-corrected chi connectivity index (χ0v) is 12.2. The predicted octanol–water partition coefficient (Wildman–Crippen LogP) is 1.49. The molecule has 20 heavy (non-hydrogen) atoms. The van der Waals surface area contributed by atoms with Crippen molar-refractivity contribution >= 4 is 17.4 Å². The summed E-state index contributed by atoms with van der Waals surface area (Å²) in [5.41, 5.74) is 2.17. The first-order valence-corrected chi connectivity index (χ1v) is 7.35. The molecule has 0 aromatic carbocycles. The van der Waals surface area contributed by atoms with Crippen LogP contribution in [0.1, 0.15) is 18.5 Å². The van der Waals surface area contributed by atoms with Gasteiger partial charge in [0.1, 0.15) is 5.82 Å². The number of carbonyl (C=O) groups excluding carboxylic acids is 1. The maximum atomic E-state index is 11.7. The fraction of sp³-hybridized carbons (Fsp3) is 0.600. The zero-order chi connectivity index (χ0) is 14.1. The van der Waals surface area contributed by atoms with E-state index in [2.05, 4.69) is 33.2 Å². The molecule has 1 aromatic heterocycles. The highest BCUT2D eigenvalue weighted by Gasteiger charge is 2.29. The van der Waals surface area contributed by atoms with Gasteiger partial charge in [-0.1, -0.05) is 0 Å². The van der Waals surface area contributed by atoms with Gasteiger partial charge < -0.3 is 15.1 Å². The molecule has 2 heterocycles. The number of piperazine rings is 1. The van der Waals surface area contributed by atoms with Gasteiger partial charge in [-0.2, -0.15) is 0 Å². The Bertz CT molecular complexity index is 505. The summed E-state index contributed by atoms with van der Waals surface area (Å²) in [4.78, 5) is 21.0. The first-order chi connectivity index (χ1) is 9.63. The molecule has 3 rings (SSSR count). The molecule has 1 saturated carbocycles. The van der Waals surface area contributed by atoms with Gasteiger partial charge in [-0.25, -0.2) is 4.98 Å². The van der Waals surface area contributed by atoms with Crippen LogP contribution in [0.2, 0.25) is 0 Å². The Balaban J connectivity index is 1.68. The normalized spacial score (nSPS) is 20.0. The summed E-state index contributed by atoms with van der Waals surface area (Å²) >= 11 is 0. The largest absolute Gasteiger partial charge is 0.368 e. The quantitative estimate of drug-likeness (QED) is 0.907. The summed E-state index contributed by atoms with van der Waals surface area (Å²) in [6, 6.07) is 4.00. The fourth-order valence-electron chi connectivity index (χ4n) is 2.58. The SMILES string of the molecule is Cc1nc(NC(=O)C2CC2)ccc1N1CCN(C)CC1. The van der Waals surface area contributed by atoms with Gasteiger partial charge in [0.15, 0.2) is 0 Å². The van der Waals surface area contributed by atoms with Crippen LogP contribution in [0.4, 0.5) is 11.5 Å². The van der Waals surface area contributed by atoms with Gasteiger partial charge in [-0.05, 0) is 38.9 Å². The summed E-state index contributed by atoms with van der Waals surface area (Å²) in [6.45, 7) is 6.25. The van der Waals surface area contributed by atoms with Crippen LogP contribution in [0.15, 0.2) is 12.1 Å². The molecule has 0 bridgehead atoms. The number of nitrogens with zero attached hydrogens (tertiary/aromatic N) is 3. The van der Waals surface area contributed by atoms with Crippen LogP contribution in [0.3, 0.4) is 0 Å². The van der Waals surface area contributed by atoms with Crippen molar-refractivity contribution in [1.82, 2.24) is 9.88 Å². The van der Waals surface area contributed by atoms with Crippen LogP contribution in [-0.2, 0) is 4.79 Å². The van der Waals surface area contributed by atoms with E-state index in [0.717, 1.165) is 44.7 Å². The minimum Gasteiger partial charge on any atom is -0.368 e. The van der Waals surface area contributed by atoms with Crippen LogP contribution < -0.4 is 10.2 Å². The molecule has 2 aliphatic rings. The Labute approximate surface area is 120 Å². The van der Waals surface area contributed by atoms with E-state index in [0.29, 0.717) is 5.82 Å². The van der Waals surface area contributed by atoms with E-state index in [9.17, 15) is 4.79 Å². The number of amides is 1. The molecule has 0 radical (unpaired) electrons. The van der Waals surface area contributed by atoms with Crippen molar-refractivity contribution in [3.8, 4) is 0 Å². The Morgan fingerprint density at radius 1 is 1.25 bits per heavy atom. The highest BCUT2D eigenvalue weighted by atomic mass is 16.2. The number of aryl methyl sites for hydroxylation is 1. The van der Waals surface area contributed by atoms with E-state index in [1.54, 1.807) is 0 Å². The van der Waals surface area contributed by atoms with Gasteiger partial charge in [-0.15, -0.1) is 0 Å². The van der Waals surface area contributed by atoms with E-state index < -0.39 is 0 Å². The average molecular weight is 274 g/mol. The van der Waals surface area contributed by atoms with Gasteiger partial charge >= 0.3 is 0 Å². The van der Waals surface area contributed by atoms with Crippen molar-refractivity contribution in [3.63, 3.8) is 0 Å². The molecule has 2 fully saturated rings.